The Balaban J connectivity index is 1.35. The Kier molecular flexibility index (Phi) is 8.22. The number of carbonyl (C=O) groups is 1. The Hall–Kier alpha value is -3.02. The number of benzene rings is 2. The lowest BCUT2D eigenvalue weighted by Gasteiger charge is -2.34. The molecule has 0 atom stereocenters. The zero-order valence-electron chi connectivity index (χ0n) is 19.6. The van der Waals surface area contributed by atoms with E-state index >= 15 is 0 Å². The lowest BCUT2D eigenvalue weighted by atomic mass is 10.1. The van der Waals surface area contributed by atoms with Crippen molar-refractivity contribution in [3.8, 4) is 16.3 Å². The summed E-state index contributed by atoms with van der Waals surface area (Å²) in [5, 5.41) is 2.01. The minimum absolute atomic E-state index is 0.00838. The monoisotopic (exact) mass is 523 g/mol. The van der Waals surface area contributed by atoms with E-state index in [1.165, 1.54) is 35.6 Å². The van der Waals surface area contributed by atoms with Crippen LogP contribution in [0.1, 0.15) is 21.6 Å². The largest absolute Gasteiger partial charge is 0.489 e. The van der Waals surface area contributed by atoms with Crippen molar-refractivity contribution in [2.24, 2.45) is 0 Å². The van der Waals surface area contributed by atoms with Crippen LogP contribution in [0.5, 0.6) is 5.75 Å². The first-order valence-corrected chi connectivity index (χ1v) is 12.2. The summed E-state index contributed by atoms with van der Waals surface area (Å²) in [5.41, 5.74) is 0.301. The van der Waals surface area contributed by atoms with Crippen LogP contribution >= 0.6 is 11.3 Å². The van der Waals surface area contributed by atoms with Crippen LogP contribution in [-0.2, 0) is 17.5 Å². The van der Waals surface area contributed by atoms with Crippen molar-refractivity contribution in [1.29, 1.82) is 0 Å². The summed E-state index contributed by atoms with van der Waals surface area (Å²) in [6.07, 6.45) is -4.41. The molecular weight excluding hydrogens is 498 g/mol. The quantitative estimate of drug-likeness (QED) is 0.391. The molecule has 0 N–H and O–H groups in total. The predicted molar refractivity (Wildman–Crippen MR) is 128 cm³/mol. The van der Waals surface area contributed by atoms with E-state index in [9.17, 15) is 22.4 Å². The van der Waals surface area contributed by atoms with Crippen LogP contribution in [0.2, 0.25) is 0 Å². The Morgan fingerprint density at radius 1 is 1.08 bits per heavy atom. The Morgan fingerprint density at radius 3 is 2.44 bits per heavy atom. The van der Waals surface area contributed by atoms with Gasteiger partial charge in [-0.3, -0.25) is 9.69 Å². The minimum Gasteiger partial charge on any atom is -0.489 e. The average Bonchev–Trinajstić information content (AvgIpc) is 3.36. The van der Waals surface area contributed by atoms with Crippen molar-refractivity contribution < 1.29 is 31.8 Å². The third-order valence-corrected chi connectivity index (χ3v) is 6.73. The molecule has 0 unspecified atom stereocenters. The Bertz CT molecular complexity index is 1180. The first-order valence-electron chi connectivity index (χ1n) is 11.3. The third kappa shape index (κ3) is 6.40. The molecule has 1 aliphatic heterocycles. The van der Waals surface area contributed by atoms with Crippen molar-refractivity contribution in [3.63, 3.8) is 0 Å². The van der Waals surface area contributed by atoms with Gasteiger partial charge in [0.1, 0.15) is 28.9 Å². The number of alkyl halides is 3. The number of methoxy groups -OCH3 is 1. The van der Waals surface area contributed by atoms with E-state index in [1.807, 2.05) is 0 Å². The van der Waals surface area contributed by atoms with Crippen LogP contribution in [0.4, 0.5) is 17.6 Å². The van der Waals surface area contributed by atoms with E-state index in [0.29, 0.717) is 30.3 Å². The molecule has 36 heavy (non-hydrogen) atoms. The van der Waals surface area contributed by atoms with E-state index < -0.39 is 17.6 Å². The molecule has 1 aromatic heterocycles. The molecule has 0 radical (unpaired) electrons. The van der Waals surface area contributed by atoms with Gasteiger partial charge in [-0.05, 0) is 29.8 Å². The second kappa shape index (κ2) is 11.4. The van der Waals surface area contributed by atoms with Gasteiger partial charge >= 0.3 is 6.18 Å². The fraction of sp³-hybridized carbons (Fsp3) is 0.360. The number of hydrogen-bond donors (Lipinski definition) is 0. The average molecular weight is 524 g/mol. The standard InChI is InChI=1S/C25H25F4N3O3S/c1-34-13-12-31-8-10-32(11-9-31)24(33)22-16-36-23(30-22)20-7-6-19(14-21(20)26)35-15-17-2-4-18(5-3-17)25(27,28)29/h2-7,14,16H,8-13,15H2,1H3. The van der Waals surface area contributed by atoms with Gasteiger partial charge in [0.25, 0.3) is 5.91 Å². The summed E-state index contributed by atoms with van der Waals surface area (Å²) in [4.78, 5) is 21.2. The molecule has 4 rings (SSSR count). The SMILES string of the molecule is COCCN1CCN(C(=O)c2csc(-c3ccc(OCc4ccc(C(F)(F)F)cc4)cc3F)n2)CC1. The van der Waals surface area contributed by atoms with E-state index in [1.54, 1.807) is 23.5 Å². The van der Waals surface area contributed by atoms with Crippen molar-refractivity contribution in [2.45, 2.75) is 12.8 Å². The van der Waals surface area contributed by atoms with Gasteiger partial charge in [0.15, 0.2) is 0 Å². The van der Waals surface area contributed by atoms with Crippen molar-refractivity contribution in [1.82, 2.24) is 14.8 Å². The molecule has 2 aromatic carbocycles. The number of thiazole rings is 1. The van der Waals surface area contributed by atoms with Gasteiger partial charge in [0.05, 0.1) is 12.2 Å². The zero-order valence-corrected chi connectivity index (χ0v) is 20.4. The maximum atomic E-state index is 14.8. The maximum absolute atomic E-state index is 14.8. The summed E-state index contributed by atoms with van der Waals surface area (Å²) < 4.78 is 63.5. The lowest BCUT2D eigenvalue weighted by Crippen LogP contribution is -2.49. The van der Waals surface area contributed by atoms with Crippen molar-refractivity contribution in [3.05, 3.63) is 70.5 Å². The predicted octanol–water partition coefficient (Wildman–Crippen LogP) is 4.95. The topological polar surface area (TPSA) is 54.9 Å². The zero-order chi connectivity index (χ0) is 25.7. The van der Waals surface area contributed by atoms with Crippen LogP contribution in [0.3, 0.4) is 0 Å². The van der Waals surface area contributed by atoms with Gasteiger partial charge < -0.3 is 14.4 Å². The van der Waals surface area contributed by atoms with Crippen LogP contribution in [0, 0.1) is 5.82 Å². The molecule has 11 heteroatoms. The normalized spacial score (nSPS) is 14.8. The summed E-state index contributed by atoms with van der Waals surface area (Å²) in [5.74, 6) is -0.517. The number of nitrogens with zero attached hydrogens (tertiary/aromatic N) is 3. The van der Waals surface area contributed by atoms with E-state index in [4.69, 9.17) is 9.47 Å². The lowest BCUT2D eigenvalue weighted by molar-refractivity contribution is -0.137. The molecule has 0 spiro atoms. The molecule has 2 heterocycles. The molecule has 192 valence electrons. The smallest absolute Gasteiger partial charge is 0.416 e. The highest BCUT2D eigenvalue weighted by Crippen LogP contribution is 2.31. The summed E-state index contributed by atoms with van der Waals surface area (Å²) in [6, 6.07) is 8.86. The minimum atomic E-state index is -4.41. The number of carbonyl (C=O) groups excluding carboxylic acids is 1. The first-order chi connectivity index (χ1) is 17.2. The first kappa shape index (κ1) is 26.1. The van der Waals surface area contributed by atoms with Crippen LogP contribution in [-0.4, -0.2) is 67.1 Å². The molecule has 3 aromatic rings. The molecule has 6 nitrogen and oxygen atoms in total. The molecule has 1 aliphatic rings. The highest BCUT2D eigenvalue weighted by atomic mass is 32.1. The van der Waals surface area contributed by atoms with Gasteiger partial charge in [-0.2, -0.15) is 13.2 Å². The van der Waals surface area contributed by atoms with Gasteiger partial charge in [-0.1, -0.05) is 12.1 Å². The molecule has 1 saturated heterocycles. The molecule has 1 fully saturated rings. The van der Waals surface area contributed by atoms with Gasteiger partial charge in [0, 0.05) is 56.8 Å². The number of halogens is 4. The fourth-order valence-corrected chi connectivity index (χ4v) is 4.59. The second-order valence-corrected chi connectivity index (χ2v) is 9.15. The van der Waals surface area contributed by atoms with Gasteiger partial charge in [0.2, 0.25) is 0 Å². The second-order valence-electron chi connectivity index (χ2n) is 8.29. The Labute approximate surface area is 210 Å². The fourth-order valence-electron chi connectivity index (χ4n) is 3.77. The number of hydrogen-bond acceptors (Lipinski definition) is 6. The van der Waals surface area contributed by atoms with Crippen LogP contribution in [0.15, 0.2) is 47.8 Å². The van der Waals surface area contributed by atoms with E-state index in [2.05, 4.69) is 9.88 Å². The molecule has 0 bridgehead atoms. The van der Waals surface area contributed by atoms with Crippen LogP contribution < -0.4 is 4.74 Å². The third-order valence-electron chi connectivity index (χ3n) is 5.85. The van der Waals surface area contributed by atoms with E-state index in [0.717, 1.165) is 31.8 Å². The molecule has 1 amide bonds. The highest BCUT2D eigenvalue weighted by molar-refractivity contribution is 7.13. The van der Waals surface area contributed by atoms with Crippen LogP contribution in [0.25, 0.3) is 10.6 Å². The van der Waals surface area contributed by atoms with Gasteiger partial charge in [-0.25, -0.2) is 9.37 Å². The van der Waals surface area contributed by atoms with Gasteiger partial charge in [-0.15, -0.1) is 11.3 Å². The summed E-state index contributed by atoms with van der Waals surface area (Å²) >= 11 is 1.18. The number of piperazine rings is 1. The number of aromatic nitrogens is 1. The van der Waals surface area contributed by atoms with Crippen molar-refractivity contribution >= 4 is 17.2 Å². The number of amides is 1. The maximum Gasteiger partial charge on any atom is 0.416 e. The summed E-state index contributed by atoms with van der Waals surface area (Å²) in [7, 11) is 1.66. The Morgan fingerprint density at radius 2 is 1.81 bits per heavy atom. The highest BCUT2D eigenvalue weighted by Gasteiger charge is 2.30. The molecule has 0 aliphatic carbocycles. The molecule has 0 saturated carbocycles. The van der Waals surface area contributed by atoms with E-state index in [-0.39, 0.29) is 29.5 Å². The summed E-state index contributed by atoms with van der Waals surface area (Å²) in [6.45, 7) is 4.16. The number of rotatable bonds is 8. The number of ether oxygens (including phenoxy) is 2. The molecular formula is C25H25F4N3O3S. The van der Waals surface area contributed by atoms with Crippen molar-refractivity contribution in [2.75, 3.05) is 46.4 Å².